The molecule has 0 amide bonds. The first-order chi connectivity index (χ1) is 9.69. The maximum Gasteiger partial charge on any atom is 0.213 e. The van der Waals surface area contributed by atoms with Gasteiger partial charge in [-0.25, -0.2) is 4.98 Å². The summed E-state index contributed by atoms with van der Waals surface area (Å²) in [5.74, 6) is 0.938. The Morgan fingerprint density at radius 2 is 2.05 bits per heavy atom. The maximum absolute atomic E-state index is 12.7. The minimum absolute atomic E-state index is 0.161. The zero-order valence-corrected chi connectivity index (χ0v) is 12.2. The molecule has 2 bridgehead atoms. The fraction of sp³-hybridized carbons (Fsp3) is 0.625. The Kier molecular flexibility index (Phi) is 3.74. The largest absolute Gasteiger partial charge is 0.481 e. The lowest BCUT2D eigenvalue weighted by molar-refractivity contribution is 0.0338. The highest BCUT2D eigenvalue weighted by atomic mass is 16.5. The third-order valence-electron chi connectivity index (χ3n) is 4.94. The topological polar surface area (TPSA) is 42.4 Å². The van der Waals surface area contributed by atoms with Crippen molar-refractivity contribution in [3.63, 3.8) is 0 Å². The summed E-state index contributed by atoms with van der Waals surface area (Å²) in [6.07, 6.45) is 7.42. The highest BCUT2D eigenvalue weighted by molar-refractivity contribution is 5.98. The van der Waals surface area contributed by atoms with Gasteiger partial charge in [0.05, 0.1) is 7.11 Å². The fourth-order valence-corrected chi connectivity index (χ4v) is 3.74. The van der Waals surface area contributed by atoms with E-state index in [9.17, 15) is 4.79 Å². The number of methoxy groups -OCH3 is 1. The van der Waals surface area contributed by atoms with Gasteiger partial charge in [0.25, 0.3) is 0 Å². The van der Waals surface area contributed by atoms with E-state index < -0.39 is 0 Å². The maximum atomic E-state index is 12.7. The first-order valence-electron chi connectivity index (χ1n) is 7.45. The Morgan fingerprint density at radius 1 is 1.35 bits per heavy atom. The number of aromatic nitrogens is 1. The van der Waals surface area contributed by atoms with Gasteiger partial charge in [-0.1, -0.05) is 6.42 Å². The highest BCUT2D eigenvalue weighted by Crippen LogP contribution is 2.37. The van der Waals surface area contributed by atoms with Gasteiger partial charge in [-0.05, 0) is 38.8 Å². The van der Waals surface area contributed by atoms with Crippen molar-refractivity contribution >= 4 is 5.78 Å². The second-order valence-electron chi connectivity index (χ2n) is 6.02. The van der Waals surface area contributed by atoms with Crippen LogP contribution in [0.4, 0.5) is 0 Å². The van der Waals surface area contributed by atoms with E-state index in [0.29, 0.717) is 18.0 Å². The molecule has 4 nitrogen and oxygen atoms in total. The molecule has 0 radical (unpaired) electrons. The first-order valence-corrected chi connectivity index (χ1v) is 7.45. The number of nitrogens with zero attached hydrogens (tertiary/aromatic N) is 2. The van der Waals surface area contributed by atoms with E-state index in [1.54, 1.807) is 25.4 Å². The van der Waals surface area contributed by atoms with E-state index in [0.717, 1.165) is 18.4 Å². The van der Waals surface area contributed by atoms with Gasteiger partial charge in [0.15, 0.2) is 5.78 Å². The fourth-order valence-electron chi connectivity index (χ4n) is 3.74. The quantitative estimate of drug-likeness (QED) is 0.794. The summed E-state index contributed by atoms with van der Waals surface area (Å²) in [6.45, 7) is 0. The first kappa shape index (κ1) is 13.6. The van der Waals surface area contributed by atoms with Gasteiger partial charge in [0.2, 0.25) is 5.88 Å². The zero-order valence-electron chi connectivity index (χ0n) is 12.2. The van der Waals surface area contributed by atoms with Crippen LogP contribution in [0.2, 0.25) is 0 Å². The second kappa shape index (κ2) is 5.52. The van der Waals surface area contributed by atoms with Crippen LogP contribution < -0.4 is 4.74 Å². The molecule has 3 rings (SSSR count). The molecule has 2 aliphatic rings. The van der Waals surface area contributed by atoms with Crippen molar-refractivity contribution in [3.05, 3.63) is 23.9 Å². The number of pyridine rings is 1. The Balaban J connectivity index is 1.77. The van der Waals surface area contributed by atoms with Crippen LogP contribution in [0.25, 0.3) is 0 Å². The molecule has 1 aromatic heterocycles. The van der Waals surface area contributed by atoms with E-state index in [2.05, 4.69) is 16.9 Å². The summed E-state index contributed by atoms with van der Waals surface area (Å²) >= 11 is 0. The van der Waals surface area contributed by atoms with Gasteiger partial charge in [0, 0.05) is 35.8 Å². The number of hydrogen-bond donors (Lipinski definition) is 0. The normalized spacial score (nSPS) is 30.0. The van der Waals surface area contributed by atoms with Gasteiger partial charge in [-0.3, -0.25) is 4.79 Å². The third-order valence-corrected chi connectivity index (χ3v) is 4.94. The van der Waals surface area contributed by atoms with Gasteiger partial charge in [0.1, 0.15) is 0 Å². The average Bonchev–Trinajstić information content (AvgIpc) is 2.46. The minimum Gasteiger partial charge on any atom is -0.481 e. The second-order valence-corrected chi connectivity index (χ2v) is 6.02. The Labute approximate surface area is 120 Å². The van der Waals surface area contributed by atoms with Gasteiger partial charge < -0.3 is 9.64 Å². The number of carbonyl (C=O) groups excluding carboxylic acids is 1. The summed E-state index contributed by atoms with van der Waals surface area (Å²) in [4.78, 5) is 19.3. The van der Waals surface area contributed by atoms with Crippen LogP contribution in [0.3, 0.4) is 0 Å². The molecular weight excluding hydrogens is 252 g/mol. The molecule has 20 heavy (non-hydrogen) atoms. The predicted octanol–water partition coefficient (Wildman–Crippen LogP) is 2.54. The number of hydrogen-bond acceptors (Lipinski definition) is 4. The van der Waals surface area contributed by atoms with Crippen molar-refractivity contribution in [2.24, 2.45) is 5.92 Å². The molecule has 0 aliphatic carbocycles. The predicted molar refractivity (Wildman–Crippen MR) is 77.0 cm³/mol. The lowest BCUT2D eigenvalue weighted by atomic mass is 9.76. The molecular formula is C16H22N2O2. The van der Waals surface area contributed by atoms with Crippen LogP contribution in [0.1, 0.15) is 42.5 Å². The van der Waals surface area contributed by atoms with Crippen molar-refractivity contribution in [3.8, 4) is 5.88 Å². The zero-order chi connectivity index (χ0) is 14.1. The molecule has 0 spiro atoms. The molecule has 2 fully saturated rings. The summed E-state index contributed by atoms with van der Waals surface area (Å²) in [6, 6.07) is 4.73. The summed E-state index contributed by atoms with van der Waals surface area (Å²) in [5.41, 5.74) is 0.740. The molecule has 0 N–H and O–H groups in total. The van der Waals surface area contributed by atoms with Crippen molar-refractivity contribution in [1.82, 2.24) is 9.88 Å². The van der Waals surface area contributed by atoms with Crippen molar-refractivity contribution < 1.29 is 9.53 Å². The molecule has 0 saturated carbocycles. The number of rotatable bonds is 3. The lowest BCUT2D eigenvalue weighted by Crippen LogP contribution is -2.51. The van der Waals surface area contributed by atoms with Gasteiger partial charge >= 0.3 is 0 Å². The number of ketones is 1. The van der Waals surface area contributed by atoms with Crippen molar-refractivity contribution in [1.29, 1.82) is 0 Å². The lowest BCUT2D eigenvalue weighted by Gasteiger charge is -2.46. The van der Waals surface area contributed by atoms with E-state index >= 15 is 0 Å². The molecule has 4 heteroatoms. The van der Waals surface area contributed by atoms with Crippen LogP contribution in [0.15, 0.2) is 18.3 Å². The minimum atomic E-state index is 0.161. The monoisotopic (exact) mass is 274 g/mol. The Hall–Kier alpha value is -1.42. The number of Topliss-reactive ketones (excluding diaryl/α,β-unsaturated/α-hetero) is 1. The standard InChI is InChI=1S/C16H22N2O2/c1-18-13-4-3-5-14(18)9-12(8-13)16(19)11-6-7-17-15(10-11)20-2/h6-7,10,12-14H,3-5,8-9H2,1-2H3. The van der Waals surface area contributed by atoms with E-state index in [1.807, 2.05) is 0 Å². The SMILES string of the molecule is COc1cc(C(=O)C2CC3CCCC(C2)N3C)ccn1. The Morgan fingerprint density at radius 3 is 2.70 bits per heavy atom. The number of carbonyl (C=O) groups is 1. The van der Waals surface area contributed by atoms with Crippen molar-refractivity contribution in [2.75, 3.05) is 14.2 Å². The number of fused-ring (bicyclic) bond motifs is 2. The molecule has 2 saturated heterocycles. The molecule has 2 atom stereocenters. The van der Waals surface area contributed by atoms with Crippen LogP contribution in [-0.4, -0.2) is 41.9 Å². The van der Waals surface area contributed by atoms with E-state index in [1.165, 1.54) is 19.3 Å². The van der Waals surface area contributed by atoms with E-state index in [4.69, 9.17) is 4.74 Å². The van der Waals surface area contributed by atoms with Crippen LogP contribution >= 0.6 is 0 Å². The third kappa shape index (κ3) is 2.44. The Bertz CT molecular complexity index is 489. The number of piperidine rings is 2. The van der Waals surface area contributed by atoms with Gasteiger partial charge in [-0.2, -0.15) is 0 Å². The van der Waals surface area contributed by atoms with E-state index in [-0.39, 0.29) is 11.7 Å². The number of ether oxygens (including phenoxy) is 1. The molecule has 2 aliphatic heterocycles. The molecule has 108 valence electrons. The summed E-state index contributed by atoms with van der Waals surface area (Å²) in [7, 11) is 3.79. The summed E-state index contributed by atoms with van der Waals surface area (Å²) < 4.78 is 5.11. The highest BCUT2D eigenvalue weighted by Gasteiger charge is 2.38. The molecule has 3 heterocycles. The van der Waals surface area contributed by atoms with Crippen molar-refractivity contribution in [2.45, 2.75) is 44.2 Å². The summed E-state index contributed by atoms with van der Waals surface area (Å²) in [5, 5.41) is 0. The smallest absolute Gasteiger partial charge is 0.213 e. The van der Waals surface area contributed by atoms with Gasteiger partial charge in [-0.15, -0.1) is 0 Å². The molecule has 0 aromatic carbocycles. The van der Waals surface area contributed by atoms with Crippen LogP contribution in [-0.2, 0) is 0 Å². The molecule has 2 unspecified atom stereocenters. The molecule has 1 aromatic rings. The van der Waals surface area contributed by atoms with Crippen LogP contribution in [0.5, 0.6) is 5.88 Å². The van der Waals surface area contributed by atoms with Crippen LogP contribution in [0, 0.1) is 5.92 Å². The average molecular weight is 274 g/mol.